The molecular formula is C25H31N3O5. The first-order valence-corrected chi connectivity index (χ1v) is 11.5. The molecule has 0 saturated carbocycles. The van der Waals surface area contributed by atoms with Crippen LogP contribution in [0.1, 0.15) is 54.0 Å². The molecule has 8 nitrogen and oxygen atoms in total. The van der Waals surface area contributed by atoms with Crippen molar-refractivity contribution in [2.75, 3.05) is 26.2 Å². The molecule has 2 aromatic rings. The van der Waals surface area contributed by atoms with Crippen molar-refractivity contribution in [1.29, 1.82) is 0 Å². The molecule has 1 N–H and O–H groups in total. The van der Waals surface area contributed by atoms with Crippen LogP contribution in [0.15, 0.2) is 53.1 Å². The molecule has 0 aliphatic carbocycles. The highest BCUT2D eigenvalue weighted by atomic mass is 16.5. The fraction of sp³-hybridized carbons (Fsp3) is 0.480. The van der Waals surface area contributed by atoms with Gasteiger partial charge in [-0.2, -0.15) is 0 Å². The Hall–Kier alpha value is -3.13. The van der Waals surface area contributed by atoms with Crippen molar-refractivity contribution in [3.8, 4) is 0 Å². The average molecular weight is 454 g/mol. The number of furan rings is 1. The van der Waals surface area contributed by atoms with Crippen LogP contribution < -0.4 is 5.32 Å². The summed E-state index contributed by atoms with van der Waals surface area (Å²) in [6.45, 7) is 5.70. The van der Waals surface area contributed by atoms with Gasteiger partial charge in [0.25, 0.3) is 11.8 Å². The minimum atomic E-state index is -0.924. The first-order valence-electron chi connectivity index (χ1n) is 11.5. The molecule has 4 rings (SSSR count). The fourth-order valence-corrected chi connectivity index (χ4v) is 4.50. The lowest BCUT2D eigenvalue weighted by Crippen LogP contribution is -2.59. The number of amides is 3. The molecule has 0 bridgehead atoms. The Morgan fingerprint density at radius 3 is 2.42 bits per heavy atom. The molecule has 176 valence electrons. The summed E-state index contributed by atoms with van der Waals surface area (Å²) in [4.78, 5) is 42.7. The molecule has 1 aromatic carbocycles. The van der Waals surface area contributed by atoms with Gasteiger partial charge in [0.1, 0.15) is 11.8 Å². The SMILES string of the molecule is CC(C)CCNC(=O)[C@@H]1COC2(CCN(C(=O)c3ccco3)CC2)N1C(=O)c1ccccc1. The van der Waals surface area contributed by atoms with Crippen molar-refractivity contribution >= 4 is 17.7 Å². The van der Waals surface area contributed by atoms with Gasteiger partial charge in [-0.15, -0.1) is 0 Å². The highest BCUT2D eigenvalue weighted by Crippen LogP contribution is 2.38. The topological polar surface area (TPSA) is 92.1 Å². The summed E-state index contributed by atoms with van der Waals surface area (Å²) in [5, 5.41) is 2.97. The Balaban J connectivity index is 1.53. The summed E-state index contributed by atoms with van der Waals surface area (Å²) >= 11 is 0. The zero-order valence-corrected chi connectivity index (χ0v) is 19.2. The second kappa shape index (κ2) is 9.79. The third kappa shape index (κ3) is 4.80. The molecule has 33 heavy (non-hydrogen) atoms. The van der Waals surface area contributed by atoms with Crippen LogP contribution in [-0.2, 0) is 9.53 Å². The number of rotatable bonds is 6. The maximum atomic E-state index is 13.6. The van der Waals surface area contributed by atoms with Crippen molar-refractivity contribution in [3.63, 3.8) is 0 Å². The number of likely N-dealkylation sites (tertiary alicyclic amines) is 1. The van der Waals surface area contributed by atoms with Crippen molar-refractivity contribution in [3.05, 3.63) is 60.1 Å². The Bertz CT molecular complexity index is 965. The molecule has 1 spiro atoms. The zero-order chi connectivity index (χ0) is 23.4. The average Bonchev–Trinajstić information content (AvgIpc) is 3.48. The van der Waals surface area contributed by atoms with Crippen LogP contribution in [0, 0.1) is 5.92 Å². The number of hydrogen-bond acceptors (Lipinski definition) is 5. The summed E-state index contributed by atoms with van der Waals surface area (Å²) < 4.78 is 11.4. The van der Waals surface area contributed by atoms with Crippen LogP contribution >= 0.6 is 0 Å². The third-order valence-corrected chi connectivity index (χ3v) is 6.39. The van der Waals surface area contributed by atoms with E-state index >= 15 is 0 Å². The van der Waals surface area contributed by atoms with Crippen molar-refractivity contribution in [2.45, 2.75) is 44.9 Å². The highest BCUT2D eigenvalue weighted by molar-refractivity contribution is 5.98. The molecule has 8 heteroatoms. The highest BCUT2D eigenvalue weighted by Gasteiger charge is 2.54. The Morgan fingerprint density at radius 1 is 1.06 bits per heavy atom. The van der Waals surface area contributed by atoms with Crippen LogP contribution in [0.25, 0.3) is 0 Å². The molecule has 2 saturated heterocycles. The van der Waals surface area contributed by atoms with Crippen molar-refractivity contribution in [2.24, 2.45) is 5.92 Å². The predicted molar refractivity (Wildman–Crippen MR) is 121 cm³/mol. The fourth-order valence-electron chi connectivity index (χ4n) is 4.50. The van der Waals surface area contributed by atoms with Gasteiger partial charge in [-0.1, -0.05) is 32.0 Å². The van der Waals surface area contributed by atoms with Gasteiger partial charge in [0.15, 0.2) is 5.76 Å². The monoisotopic (exact) mass is 453 g/mol. The van der Waals surface area contributed by atoms with Gasteiger partial charge in [0.2, 0.25) is 5.91 Å². The Morgan fingerprint density at radius 2 is 1.79 bits per heavy atom. The number of hydrogen-bond donors (Lipinski definition) is 1. The van der Waals surface area contributed by atoms with Gasteiger partial charge in [-0.3, -0.25) is 19.3 Å². The minimum absolute atomic E-state index is 0.137. The molecule has 1 atom stereocenters. The van der Waals surface area contributed by atoms with E-state index in [1.807, 2.05) is 6.07 Å². The van der Waals surface area contributed by atoms with E-state index in [2.05, 4.69) is 19.2 Å². The number of nitrogens with one attached hydrogen (secondary N) is 1. The summed E-state index contributed by atoms with van der Waals surface area (Å²) in [5.74, 6) is 0.137. The van der Waals surface area contributed by atoms with Crippen LogP contribution in [0.4, 0.5) is 0 Å². The Kier molecular flexibility index (Phi) is 6.83. The third-order valence-electron chi connectivity index (χ3n) is 6.39. The molecule has 0 radical (unpaired) electrons. The summed E-state index contributed by atoms with van der Waals surface area (Å²) in [6.07, 6.45) is 3.18. The summed E-state index contributed by atoms with van der Waals surface area (Å²) in [6, 6.07) is 11.6. The quantitative estimate of drug-likeness (QED) is 0.726. The molecule has 0 unspecified atom stereocenters. The van der Waals surface area contributed by atoms with Gasteiger partial charge in [-0.05, 0) is 36.6 Å². The summed E-state index contributed by atoms with van der Waals surface area (Å²) in [5.41, 5.74) is -0.413. The van der Waals surface area contributed by atoms with E-state index < -0.39 is 11.8 Å². The minimum Gasteiger partial charge on any atom is -0.459 e. The van der Waals surface area contributed by atoms with Crippen molar-refractivity contribution in [1.82, 2.24) is 15.1 Å². The molecule has 3 amide bonds. The summed E-state index contributed by atoms with van der Waals surface area (Å²) in [7, 11) is 0. The lowest BCUT2D eigenvalue weighted by atomic mass is 9.96. The smallest absolute Gasteiger partial charge is 0.289 e. The zero-order valence-electron chi connectivity index (χ0n) is 19.2. The predicted octanol–water partition coefficient (Wildman–Crippen LogP) is 2.92. The van der Waals surface area contributed by atoms with Crippen LogP contribution in [-0.4, -0.2) is 65.5 Å². The standard InChI is InChI=1S/C25H31N3O5/c1-18(2)10-13-26-22(29)20-17-33-25(28(20)23(30)19-7-4-3-5-8-19)11-14-27(15-12-25)24(31)21-9-6-16-32-21/h3-9,16,18,20H,10-15,17H2,1-2H3,(H,26,29)/t20-/m0/s1. The van der Waals surface area contributed by atoms with Crippen LogP contribution in [0.5, 0.6) is 0 Å². The van der Waals surface area contributed by atoms with E-state index in [1.54, 1.807) is 46.2 Å². The lowest BCUT2D eigenvalue weighted by molar-refractivity contribution is -0.128. The van der Waals surface area contributed by atoms with E-state index in [-0.39, 0.29) is 30.1 Å². The maximum absolute atomic E-state index is 13.6. The van der Waals surface area contributed by atoms with Crippen LogP contribution in [0.2, 0.25) is 0 Å². The molecule has 3 heterocycles. The largest absolute Gasteiger partial charge is 0.459 e. The van der Waals surface area contributed by atoms with Crippen LogP contribution in [0.3, 0.4) is 0 Å². The second-order valence-electron chi connectivity index (χ2n) is 9.06. The lowest BCUT2D eigenvalue weighted by Gasteiger charge is -2.44. The number of carbonyl (C=O) groups excluding carboxylic acids is 3. The Labute approximate surface area is 193 Å². The molecule has 2 fully saturated rings. The normalized spacial score (nSPS) is 19.8. The van der Waals surface area contributed by atoms with Gasteiger partial charge in [0, 0.05) is 38.0 Å². The second-order valence-corrected chi connectivity index (χ2v) is 9.06. The molecular weight excluding hydrogens is 422 g/mol. The van der Waals surface area contributed by atoms with Gasteiger partial charge >= 0.3 is 0 Å². The van der Waals surface area contributed by atoms with E-state index in [9.17, 15) is 14.4 Å². The molecule has 2 aliphatic rings. The van der Waals surface area contributed by atoms with Gasteiger partial charge in [-0.25, -0.2) is 0 Å². The molecule has 1 aromatic heterocycles. The first-order chi connectivity index (χ1) is 15.9. The number of nitrogens with zero attached hydrogens (tertiary/aromatic N) is 2. The number of carbonyl (C=O) groups is 3. The maximum Gasteiger partial charge on any atom is 0.289 e. The van der Waals surface area contributed by atoms with Gasteiger partial charge in [0.05, 0.1) is 12.9 Å². The number of ether oxygens (including phenoxy) is 1. The number of benzene rings is 1. The van der Waals surface area contributed by atoms with Crippen molar-refractivity contribution < 1.29 is 23.5 Å². The number of piperidine rings is 1. The molecule has 2 aliphatic heterocycles. The van der Waals surface area contributed by atoms with Gasteiger partial charge < -0.3 is 19.4 Å². The first kappa shape index (κ1) is 23.0. The van der Waals surface area contributed by atoms with E-state index in [0.29, 0.717) is 44.0 Å². The van der Waals surface area contributed by atoms with E-state index in [1.165, 1.54) is 6.26 Å². The van der Waals surface area contributed by atoms with E-state index in [4.69, 9.17) is 9.15 Å². The van der Waals surface area contributed by atoms with E-state index in [0.717, 1.165) is 6.42 Å².